The number of carbonyl (C=O) groups is 10. The van der Waals surface area contributed by atoms with Crippen molar-refractivity contribution in [3.8, 4) is 0 Å². The van der Waals surface area contributed by atoms with E-state index < -0.39 is 200 Å². The van der Waals surface area contributed by atoms with E-state index in [-0.39, 0.29) is 52.4 Å². The lowest BCUT2D eigenvalue weighted by atomic mass is 9.96. The van der Waals surface area contributed by atoms with Crippen molar-refractivity contribution in [2.45, 2.75) is 55.0 Å². The molecule has 35 nitrogen and oxygen atoms in total. The van der Waals surface area contributed by atoms with Gasteiger partial charge in [-0.2, -0.15) is 0 Å². The number of carbonyl (C=O) groups excluding carboxylic acids is 2. The number of carboxylic acid groups (broad SMARTS) is 8. The smallest absolute Gasteiger partial charge is 0.317 e. The molecular weight excluding hydrogens is 1020 g/mol. The van der Waals surface area contributed by atoms with Gasteiger partial charge in [-0.3, -0.25) is 77.3 Å². The van der Waals surface area contributed by atoms with Crippen molar-refractivity contribution in [3.63, 3.8) is 0 Å². The summed E-state index contributed by atoms with van der Waals surface area (Å²) in [4.78, 5) is 124. The fraction of sp³-hybridized carbons (Fsp3) is 0.750. The number of aliphatic hydroxyl groups excluding tert-OH is 7. The van der Waals surface area contributed by atoms with Gasteiger partial charge in [0, 0.05) is 52.4 Å². The fourth-order valence-corrected chi connectivity index (χ4v) is 7.40. The summed E-state index contributed by atoms with van der Waals surface area (Å²) >= 11 is 0. The van der Waals surface area contributed by atoms with E-state index in [1.807, 2.05) is 0 Å². The van der Waals surface area contributed by atoms with Gasteiger partial charge in [-0.25, -0.2) is 0 Å². The SMILES string of the molecule is O=C(O)CN(CCN(CC(=O)O)CC(=O)O)CCN(CC(=O)O)CC(=O)N[C@H]1[C@H](O[C@H](CO)[C@@H](O)[C@H](O)[C@@H](CO)NC(=O)CN(CCN(CCN(CC(=O)O)CC(=O)O)CC(=O)O)CC(=O)O)O[C@H](CO)[C@@H](O)[C@@H]1O. The molecule has 1 rings (SSSR count). The molecule has 0 radical (unpaired) electrons. The molecule has 1 saturated heterocycles. The van der Waals surface area contributed by atoms with Gasteiger partial charge in [-0.1, -0.05) is 0 Å². The summed E-state index contributed by atoms with van der Waals surface area (Å²) in [5, 5.41) is 153. The first-order valence-electron chi connectivity index (χ1n) is 22.6. The number of carboxylic acids is 8. The number of hydrogen-bond acceptors (Lipinski definition) is 25. The molecule has 2 amide bonds. The van der Waals surface area contributed by atoms with Gasteiger partial charge in [-0.15, -0.1) is 0 Å². The number of nitrogens with one attached hydrogen (secondary N) is 2. The van der Waals surface area contributed by atoms with Gasteiger partial charge in [0.15, 0.2) is 6.29 Å². The summed E-state index contributed by atoms with van der Waals surface area (Å²) in [5.74, 6) is -13.4. The minimum Gasteiger partial charge on any atom is -0.480 e. The van der Waals surface area contributed by atoms with Gasteiger partial charge in [0.05, 0.1) is 91.3 Å². The van der Waals surface area contributed by atoms with Crippen molar-refractivity contribution in [1.82, 2.24) is 40.0 Å². The number of ether oxygens (including phenoxy) is 2. The topological polar surface area (TPSA) is 536 Å². The van der Waals surface area contributed by atoms with Crippen LogP contribution < -0.4 is 10.6 Å². The van der Waals surface area contributed by atoms with Crippen LogP contribution in [0.1, 0.15) is 0 Å². The zero-order chi connectivity index (χ0) is 57.1. The summed E-state index contributed by atoms with van der Waals surface area (Å²) < 4.78 is 11.1. The third kappa shape index (κ3) is 27.5. The second-order valence-electron chi connectivity index (χ2n) is 17.0. The summed E-state index contributed by atoms with van der Waals surface area (Å²) in [6.07, 6.45) is -14.3. The number of nitrogens with zero attached hydrogens (tertiary/aromatic N) is 6. The molecule has 0 unspecified atom stereocenters. The van der Waals surface area contributed by atoms with E-state index >= 15 is 0 Å². The summed E-state index contributed by atoms with van der Waals surface area (Å²) in [6, 6.07) is -3.71. The zero-order valence-corrected chi connectivity index (χ0v) is 40.3. The van der Waals surface area contributed by atoms with E-state index in [0.717, 1.165) is 19.6 Å². The Hall–Kier alpha value is -5.90. The Kier molecular flexibility index (Phi) is 31.0. The first kappa shape index (κ1) is 67.1. The van der Waals surface area contributed by atoms with Crippen molar-refractivity contribution in [2.75, 3.05) is 138 Å². The van der Waals surface area contributed by atoms with Gasteiger partial charge in [-0.05, 0) is 0 Å². The lowest BCUT2D eigenvalue weighted by molar-refractivity contribution is -0.295. The summed E-state index contributed by atoms with van der Waals surface area (Å²) in [6.45, 7) is -13.1. The Morgan fingerprint density at radius 3 is 1.08 bits per heavy atom. The van der Waals surface area contributed by atoms with Crippen LogP contribution in [0.4, 0.5) is 0 Å². The maximum absolute atomic E-state index is 13.5. The summed E-state index contributed by atoms with van der Waals surface area (Å²) in [5.41, 5.74) is 0. The first-order valence-corrected chi connectivity index (χ1v) is 22.6. The molecule has 9 atom stereocenters. The number of aliphatic hydroxyl groups is 7. The Morgan fingerprint density at radius 1 is 0.440 bits per heavy atom. The number of aliphatic carboxylic acids is 8. The van der Waals surface area contributed by atoms with Gasteiger partial charge in [0.1, 0.15) is 42.7 Å². The Bertz CT molecular complexity index is 1860. The van der Waals surface area contributed by atoms with E-state index in [4.69, 9.17) is 29.9 Å². The molecule has 0 spiro atoms. The molecule has 0 saturated carbocycles. The molecule has 17 N–H and O–H groups in total. The highest BCUT2D eigenvalue weighted by Gasteiger charge is 2.48. The Morgan fingerprint density at radius 2 is 0.760 bits per heavy atom. The van der Waals surface area contributed by atoms with Crippen molar-refractivity contribution >= 4 is 59.6 Å². The van der Waals surface area contributed by atoms with Crippen LogP contribution in [0.3, 0.4) is 0 Å². The van der Waals surface area contributed by atoms with Crippen LogP contribution in [-0.4, -0.2) is 358 Å². The van der Waals surface area contributed by atoms with Crippen molar-refractivity contribution in [2.24, 2.45) is 0 Å². The predicted octanol–water partition coefficient (Wildman–Crippen LogP) is -11.0. The molecular formula is C40H68N8O27. The molecule has 1 aliphatic rings. The summed E-state index contributed by atoms with van der Waals surface area (Å²) in [7, 11) is 0. The quantitative estimate of drug-likeness (QED) is 0.0270. The fourth-order valence-electron chi connectivity index (χ4n) is 7.40. The molecule has 0 aromatic carbocycles. The molecule has 35 heteroatoms. The molecule has 0 aliphatic carbocycles. The van der Waals surface area contributed by atoms with E-state index in [9.17, 15) is 104 Å². The van der Waals surface area contributed by atoms with Crippen LogP contribution in [0.15, 0.2) is 0 Å². The van der Waals surface area contributed by atoms with E-state index in [1.54, 1.807) is 0 Å². The average molecular weight is 1090 g/mol. The second kappa shape index (κ2) is 34.6. The monoisotopic (exact) mass is 1090 g/mol. The van der Waals surface area contributed by atoms with Crippen LogP contribution >= 0.6 is 0 Å². The average Bonchev–Trinajstić information content (AvgIpc) is 3.28. The van der Waals surface area contributed by atoms with Gasteiger partial charge in [0.2, 0.25) is 11.8 Å². The first-order chi connectivity index (χ1) is 35.1. The van der Waals surface area contributed by atoms with Crippen LogP contribution in [-0.2, 0) is 57.4 Å². The standard InChI is InChI=1S/C40H68N8O27/c49-19-22(41-25(52)9-45(13-29(58)59)5-1-43(11-27(54)55)3-7-47(15-31(62)63)16-32(64)65)36(70)37(71)23(20-50)74-40-35(39(73)38(72)24(21-51)75-40)42-26(53)10-46(14-30(60)61)6-2-44(12-28(56)57)4-8-48(17-33(66)67)18-34(68)69/h22-24,35-40,49-51,70-73H,1-21H2,(H,41,52)(H,42,53)(H,54,55)(H,56,57)(H,58,59)(H,60,61)(H,62,63)(H,64,65)(H,66,67)(H,68,69)/t22-,23-,24-,35-,36-,37-,38-,39-,40-/m1/s1. The largest absolute Gasteiger partial charge is 0.480 e. The zero-order valence-electron chi connectivity index (χ0n) is 40.3. The maximum Gasteiger partial charge on any atom is 0.317 e. The lowest BCUT2D eigenvalue weighted by Gasteiger charge is -2.44. The minimum absolute atomic E-state index is 0.215. The highest BCUT2D eigenvalue weighted by molar-refractivity contribution is 5.80. The van der Waals surface area contributed by atoms with Crippen LogP contribution in [0.25, 0.3) is 0 Å². The molecule has 0 bridgehead atoms. The molecule has 1 aliphatic heterocycles. The Labute approximate surface area is 425 Å². The molecule has 0 aromatic heterocycles. The highest BCUT2D eigenvalue weighted by Crippen LogP contribution is 2.25. The van der Waals surface area contributed by atoms with E-state index in [2.05, 4.69) is 10.6 Å². The van der Waals surface area contributed by atoms with E-state index in [0.29, 0.717) is 0 Å². The Balaban J connectivity index is 3.23. The van der Waals surface area contributed by atoms with Gasteiger partial charge in [0.25, 0.3) is 0 Å². The van der Waals surface area contributed by atoms with Crippen molar-refractivity contribution in [1.29, 1.82) is 0 Å². The molecule has 0 aromatic rings. The lowest BCUT2D eigenvalue weighted by Crippen LogP contribution is -2.66. The normalized spacial score (nSPS) is 19.5. The molecule has 1 heterocycles. The minimum atomic E-state index is -2.31. The van der Waals surface area contributed by atoms with Crippen molar-refractivity contribution < 1.29 is 134 Å². The van der Waals surface area contributed by atoms with Crippen LogP contribution in [0.5, 0.6) is 0 Å². The predicted molar refractivity (Wildman–Crippen MR) is 242 cm³/mol. The molecule has 430 valence electrons. The van der Waals surface area contributed by atoms with Gasteiger partial charge < -0.3 is 96.7 Å². The molecule has 75 heavy (non-hydrogen) atoms. The molecule has 1 fully saturated rings. The second-order valence-corrected chi connectivity index (χ2v) is 17.0. The number of hydrogen-bond donors (Lipinski definition) is 17. The van der Waals surface area contributed by atoms with Gasteiger partial charge >= 0.3 is 47.8 Å². The van der Waals surface area contributed by atoms with Crippen LogP contribution in [0, 0.1) is 0 Å². The van der Waals surface area contributed by atoms with Crippen LogP contribution in [0.2, 0.25) is 0 Å². The van der Waals surface area contributed by atoms with E-state index in [1.165, 1.54) is 9.80 Å². The van der Waals surface area contributed by atoms with Crippen molar-refractivity contribution in [3.05, 3.63) is 0 Å². The number of amides is 2. The maximum atomic E-state index is 13.5. The third-order valence-electron chi connectivity index (χ3n) is 10.9. The highest BCUT2D eigenvalue weighted by atomic mass is 16.7. The number of rotatable bonds is 42. The third-order valence-corrected chi connectivity index (χ3v) is 10.9.